The molecule has 2 saturated heterocycles. The number of aliphatic hydroxyl groups is 1. The van der Waals surface area contributed by atoms with Gasteiger partial charge in [-0.3, -0.25) is 0 Å². The molecule has 2 heterocycles. The molecule has 7 heteroatoms. The Labute approximate surface area is 188 Å². The van der Waals surface area contributed by atoms with E-state index in [2.05, 4.69) is 49.3 Å². The minimum Gasteiger partial charge on any atom is -0.488 e. The normalized spacial score (nSPS) is 25.3. The van der Waals surface area contributed by atoms with Gasteiger partial charge < -0.3 is 24.6 Å². The molecule has 2 N–H and O–H groups in total. The van der Waals surface area contributed by atoms with Crippen LogP contribution in [0.3, 0.4) is 0 Å². The lowest BCUT2D eigenvalue weighted by molar-refractivity contribution is -0.0684. The van der Waals surface area contributed by atoms with Crippen LogP contribution in [0.5, 0.6) is 5.75 Å². The minimum atomic E-state index is -0.806. The second-order valence-corrected chi connectivity index (χ2v) is 9.46. The first kappa shape index (κ1) is 21.3. The van der Waals surface area contributed by atoms with Crippen LogP contribution in [-0.4, -0.2) is 43.8 Å². The first-order valence-electron chi connectivity index (χ1n) is 9.87. The lowest BCUT2D eigenvalue weighted by atomic mass is 9.80. The standard InChI is InChI=1S/C22H25Br2NO4/c23-17-3-1-16(2-4-17)22(26)5-6-25-19(13-22)10-15-9-18(24)12-20(11-15)29-14-21-27-7-8-28-21/h1-4,9,11-12,19,21,25-26H,5-8,10,13-14H2. The largest absolute Gasteiger partial charge is 0.488 e. The van der Waals surface area contributed by atoms with Crippen molar-refractivity contribution >= 4 is 31.9 Å². The lowest BCUT2D eigenvalue weighted by Gasteiger charge is -2.38. The first-order valence-corrected chi connectivity index (χ1v) is 11.5. The van der Waals surface area contributed by atoms with E-state index in [0.717, 1.165) is 38.8 Å². The van der Waals surface area contributed by atoms with Crippen molar-refractivity contribution in [3.63, 3.8) is 0 Å². The molecular weight excluding hydrogens is 502 g/mol. The van der Waals surface area contributed by atoms with Crippen molar-refractivity contribution in [1.82, 2.24) is 5.32 Å². The Bertz CT molecular complexity index is 826. The van der Waals surface area contributed by atoms with Gasteiger partial charge in [0, 0.05) is 15.0 Å². The third kappa shape index (κ3) is 5.60. The van der Waals surface area contributed by atoms with E-state index >= 15 is 0 Å². The summed E-state index contributed by atoms with van der Waals surface area (Å²) in [7, 11) is 0. The van der Waals surface area contributed by atoms with Gasteiger partial charge in [0.25, 0.3) is 0 Å². The second kappa shape index (κ2) is 9.45. The molecule has 0 radical (unpaired) electrons. The van der Waals surface area contributed by atoms with Crippen molar-refractivity contribution in [3.05, 3.63) is 62.5 Å². The molecule has 29 heavy (non-hydrogen) atoms. The molecule has 0 saturated carbocycles. The van der Waals surface area contributed by atoms with Crippen molar-refractivity contribution < 1.29 is 19.3 Å². The summed E-state index contributed by atoms with van der Waals surface area (Å²) in [5, 5.41) is 14.8. The molecule has 0 spiro atoms. The number of ether oxygens (including phenoxy) is 3. The molecule has 0 aromatic heterocycles. The summed E-state index contributed by atoms with van der Waals surface area (Å²) < 4.78 is 18.7. The van der Waals surface area contributed by atoms with Gasteiger partial charge in [0.15, 0.2) is 6.29 Å². The van der Waals surface area contributed by atoms with E-state index in [-0.39, 0.29) is 12.3 Å². The quantitative estimate of drug-likeness (QED) is 0.592. The molecule has 5 nitrogen and oxygen atoms in total. The van der Waals surface area contributed by atoms with Crippen molar-refractivity contribution in [2.75, 3.05) is 26.4 Å². The van der Waals surface area contributed by atoms with Gasteiger partial charge in [-0.05, 0) is 67.3 Å². The topological polar surface area (TPSA) is 60.0 Å². The fraction of sp³-hybridized carbons (Fsp3) is 0.455. The smallest absolute Gasteiger partial charge is 0.191 e. The summed E-state index contributed by atoms with van der Waals surface area (Å²) in [4.78, 5) is 0. The summed E-state index contributed by atoms with van der Waals surface area (Å²) in [5.41, 5.74) is 1.32. The highest BCUT2D eigenvalue weighted by atomic mass is 79.9. The Morgan fingerprint density at radius 2 is 1.83 bits per heavy atom. The molecule has 2 aromatic rings. The number of hydrogen-bond donors (Lipinski definition) is 2. The van der Waals surface area contributed by atoms with Crippen molar-refractivity contribution in [2.24, 2.45) is 0 Å². The molecular formula is C22H25Br2NO4. The van der Waals surface area contributed by atoms with Gasteiger partial charge in [-0.1, -0.05) is 44.0 Å². The Morgan fingerprint density at radius 3 is 2.59 bits per heavy atom. The van der Waals surface area contributed by atoms with Gasteiger partial charge in [0.1, 0.15) is 12.4 Å². The Hall–Kier alpha value is -0.960. The molecule has 2 unspecified atom stereocenters. The van der Waals surface area contributed by atoms with Gasteiger partial charge in [-0.25, -0.2) is 0 Å². The summed E-state index contributed by atoms with van der Waals surface area (Å²) >= 11 is 7.05. The minimum absolute atomic E-state index is 0.182. The zero-order valence-corrected chi connectivity index (χ0v) is 19.2. The van der Waals surface area contributed by atoms with Crippen molar-refractivity contribution in [1.29, 1.82) is 0 Å². The molecule has 0 bridgehead atoms. The molecule has 0 aliphatic carbocycles. The fourth-order valence-corrected chi connectivity index (χ4v) is 4.79. The van der Waals surface area contributed by atoms with E-state index in [1.165, 1.54) is 0 Å². The SMILES string of the molecule is OC1(c2ccc(Br)cc2)CCNC(Cc2cc(Br)cc(OCC3OCCO3)c2)C1. The predicted molar refractivity (Wildman–Crippen MR) is 118 cm³/mol. The van der Waals surface area contributed by atoms with E-state index in [0.29, 0.717) is 32.7 Å². The van der Waals surface area contributed by atoms with E-state index in [1.54, 1.807) is 0 Å². The average Bonchev–Trinajstić information content (AvgIpc) is 3.20. The van der Waals surface area contributed by atoms with E-state index in [1.807, 2.05) is 30.3 Å². The van der Waals surface area contributed by atoms with Crippen LogP contribution in [0.4, 0.5) is 0 Å². The Kier molecular flexibility index (Phi) is 6.94. The zero-order valence-electron chi connectivity index (χ0n) is 16.1. The van der Waals surface area contributed by atoms with Crippen LogP contribution in [0.1, 0.15) is 24.0 Å². The molecule has 2 atom stereocenters. The predicted octanol–water partition coefficient (Wildman–Crippen LogP) is 4.15. The molecule has 0 amide bonds. The van der Waals surface area contributed by atoms with E-state index < -0.39 is 5.60 Å². The van der Waals surface area contributed by atoms with Gasteiger partial charge in [-0.15, -0.1) is 0 Å². The molecule has 2 aliphatic heterocycles. The number of benzene rings is 2. The second-order valence-electron chi connectivity index (χ2n) is 7.63. The molecule has 4 rings (SSSR count). The summed E-state index contributed by atoms with van der Waals surface area (Å²) in [5.74, 6) is 0.785. The third-order valence-corrected chi connectivity index (χ3v) is 6.41. The highest BCUT2D eigenvalue weighted by Gasteiger charge is 2.35. The number of rotatable bonds is 6. The highest BCUT2D eigenvalue weighted by molar-refractivity contribution is 9.10. The highest BCUT2D eigenvalue weighted by Crippen LogP contribution is 2.34. The zero-order chi connectivity index (χ0) is 20.3. The number of piperidine rings is 1. The maximum Gasteiger partial charge on any atom is 0.191 e. The summed E-state index contributed by atoms with van der Waals surface area (Å²) in [6, 6.07) is 14.3. The van der Waals surface area contributed by atoms with Crippen LogP contribution in [0.15, 0.2) is 51.4 Å². The molecule has 2 aliphatic rings. The monoisotopic (exact) mass is 525 g/mol. The first-order chi connectivity index (χ1) is 14.0. The van der Waals surface area contributed by atoms with E-state index in [9.17, 15) is 5.11 Å². The van der Waals surface area contributed by atoms with Gasteiger partial charge in [-0.2, -0.15) is 0 Å². The van der Waals surface area contributed by atoms with Gasteiger partial charge >= 0.3 is 0 Å². The van der Waals surface area contributed by atoms with Crippen LogP contribution in [0, 0.1) is 0 Å². The number of nitrogens with one attached hydrogen (secondary N) is 1. The fourth-order valence-electron chi connectivity index (χ4n) is 4.01. The van der Waals surface area contributed by atoms with Crippen LogP contribution >= 0.6 is 31.9 Å². The maximum atomic E-state index is 11.3. The average molecular weight is 527 g/mol. The van der Waals surface area contributed by atoms with Gasteiger partial charge in [0.05, 0.1) is 18.8 Å². The summed E-state index contributed by atoms with van der Waals surface area (Å²) in [6.07, 6.45) is 1.89. The van der Waals surface area contributed by atoms with Gasteiger partial charge in [0.2, 0.25) is 0 Å². The van der Waals surface area contributed by atoms with Crippen LogP contribution in [-0.2, 0) is 21.5 Å². The number of hydrogen-bond acceptors (Lipinski definition) is 5. The van der Waals surface area contributed by atoms with Crippen molar-refractivity contribution in [3.8, 4) is 5.75 Å². The Morgan fingerprint density at radius 1 is 1.07 bits per heavy atom. The van der Waals surface area contributed by atoms with Crippen LogP contribution < -0.4 is 10.1 Å². The molecule has 156 valence electrons. The maximum absolute atomic E-state index is 11.3. The molecule has 2 fully saturated rings. The lowest BCUT2D eigenvalue weighted by Crippen LogP contribution is -2.47. The van der Waals surface area contributed by atoms with E-state index in [4.69, 9.17) is 14.2 Å². The Balaban J connectivity index is 1.42. The van der Waals surface area contributed by atoms with Crippen LogP contribution in [0.2, 0.25) is 0 Å². The van der Waals surface area contributed by atoms with Crippen molar-refractivity contribution in [2.45, 2.75) is 37.2 Å². The van der Waals surface area contributed by atoms with Crippen LogP contribution in [0.25, 0.3) is 0 Å². The number of halogens is 2. The summed E-state index contributed by atoms with van der Waals surface area (Å²) in [6.45, 7) is 2.39. The third-order valence-electron chi connectivity index (χ3n) is 5.43. The molecule has 2 aromatic carbocycles.